The molecule has 0 spiro atoms. The molecule has 136 valence electrons. The van der Waals surface area contributed by atoms with Gasteiger partial charge in [0.25, 0.3) is 0 Å². The van der Waals surface area contributed by atoms with E-state index in [-0.39, 0.29) is 13.4 Å². The Morgan fingerprint density at radius 3 is 2.52 bits per heavy atom. The van der Waals surface area contributed by atoms with Gasteiger partial charge in [0.1, 0.15) is 17.2 Å². The first-order chi connectivity index (χ1) is 13.3. The van der Waals surface area contributed by atoms with Crippen LogP contribution in [0.5, 0.6) is 34.6 Å². The average Bonchev–Trinajstić information content (AvgIpc) is 3.16. The predicted octanol–water partition coefficient (Wildman–Crippen LogP) is 3.59. The lowest BCUT2D eigenvalue weighted by molar-refractivity contribution is -0.136. The van der Waals surface area contributed by atoms with Crippen LogP contribution in [0.3, 0.4) is 0 Å². The zero-order valence-electron chi connectivity index (χ0n) is 14.2. The number of carbonyl (C=O) groups is 1. The Labute approximate surface area is 155 Å². The number of carbonyl (C=O) groups excluding carboxylic acids is 1. The number of ether oxygens (including phenoxy) is 5. The Morgan fingerprint density at radius 2 is 1.70 bits per heavy atom. The second kappa shape index (κ2) is 7.65. The van der Waals surface area contributed by atoms with E-state index in [9.17, 15) is 4.79 Å². The van der Waals surface area contributed by atoms with E-state index < -0.39 is 5.97 Å². The van der Waals surface area contributed by atoms with E-state index in [0.717, 1.165) is 0 Å². The lowest BCUT2D eigenvalue weighted by Crippen LogP contribution is -2.17. The van der Waals surface area contributed by atoms with Crippen LogP contribution in [0.2, 0.25) is 0 Å². The molecule has 4 rings (SSSR count). The van der Waals surface area contributed by atoms with E-state index in [1.54, 1.807) is 54.7 Å². The highest BCUT2D eigenvalue weighted by atomic mass is 16.7. The Morgan fingerprint density at radius 1 is 0.926 bits per heavy atom. The minimum absolute atomic E-state index is 0.163. The molecule has 0 saturated heterocycles. The van der Waals surface area contributed by atoms with Gasteiger partial charge >= 0.3 is 5.97 Å². The normalized spacial score (nSPS) is 11.7. The van der Waals surface area contributed by atoms with Crippen LogP contribution in [0.15, 0.2) is 66.9 Å². The van der Waals surface area contributed by atoms with Crippen LogP contribution >= 0.6 is 0 Å². The van der Waals surface area contributed by atoms with Gasteiger partial charge in [-0.05, 0) is 42.5 Å². The minimum atomic E-state index is -0.525. The minimum Gasteiger partial charge on any atom is -0.482 e. The van der Waals surface area contributed by atoms with Gasteiger partial charge in [-0.1, -0.05) is 6.07 Å². The molecule has 1 aromatic heterocycles. The fourth-order valence-electron chi connectivity index (χ4n) is 2.38. The predicted molar refractivity (Wildman–Crippen MR) is 94.4 cm³/mol. The number of rotatable bonds is 6. The number of benzene rings is 2. The van der Waals surface area contributed by atoms with E-state index in [1.165, 1.54) is 0 Å². The summed E-state index contributed by atoms with van der Waals surface area (Å²) < 4.78 is 26.7. The number of hydrogen-bond donors (Lipinski definition) is 0. The molecule has 2 aromatic carbocycles. The molecule has 27 heavy (non-hydrogen) atoms. The molecule has 0 N–H and O–H groups in total. The number of hydrogen-bond acceptors (Lipinski definition) is 7. The summed E-state index contributed by atoms with van der Waals surface area (Å²) in [5, 5.41) is 0. The summed E-state index contributed by atoms with van der Waals surface area (Å²) in [6, 6.07) is 17.2. The van der Waals surface area contributed by atoms with Crippen molar-refractivity contribution in [3.8, 4) is 34.6 Å². The van der Waals surface area contributed by atoms with Gasteiger partial charge in [0.15, 0.2) is 18.1 Å². The second-order valence-corrected chi connectivity index (χ2v) is 5.52. The molecule has 2 heterocycles. The molecular formula is C20H15NO6. The van der Waals surface area contributed by atoms with Crippen LogP contribution in [0.1, 0.15) is 0 Å². The first kappa shape index (κ1) is 16.7. The topological polar surface area (TPSA) is 76.1 Å². The smallest absolute Gasteiger partial charge is 0.349 e. The molecule has 0 bridgehead atoms. The van der Waals surface area contributed by atoms with Crippen LogP contribution in [-0.4, -0.2) is 24.4 Å². The van der Waals surface area contributed by atoms with Gasteiger partial charge < -0.3 is 23.7 Å². The standard InChI is InChI=1S/C20H15NO6/c22-20(27-16-8-9-17-18(11-16)25-13-24-17)12-23-14-4-6-15(7-5-14)26-19-3-1-2-10-21-19/h1-11H,12-13H2. The molecule has 3 aromatic rings. The second-order valence-electron chi connectivity index (χ2n) is 5.52. The number of pyridine rings is 1. The van der Waals surface area contributed by atoms with Crippen molar-refractivity contribution >= 4 is 5.97 Å². The molecule has 0 saturated carbocycles. The fourth-order valence-corrected chi connectivity index (χ4v) is 2.38. The number of esters is 1. The van der Waals surface area contributed by atoms with Crippen molar-refractivity contribution in [1.82, 2.24) is 4.98 Å². The van der Waals surface area contributed by atoms with Gasteiger partial charge in [0, 0.05) is 18.3 Å². The Balaban J connectivity index is 1.28. The van der Waals surface area contributed by atoms with Crippen molar-refractivity contribution in [2.75, 3.05) is 13.4 Å². The maximum absolute atomic E-state index is 11.9. The van der Waals surface area contributed by atoms with Crippen molar-refractivity contribution < 1.29 is 28.5 Å². The third kappa shape index (κ3) is 4.27. The average molecular weight is 365 g/mol. The van der Waals surface area contributed by atoms with Crippen molar-refractivity contribution in [1.29, 1.82) is 0 Å². The van der Waals surface area contributed by atoms with Gasteiger partial charge in [-0.2, -0.15) is 0 Å². The van der Waals surface area contributed by atoms with E-state index in [4.69, 9.17) is 23.7 Å². The molecule has 1 aliphatic rings. The summed E-state index contributed by atoms with van der Waals surface area (Å²) in [7, 11) is 0. The number of nitrogens with zero attached hydrogens (tertiary/aromatic N) is 1. The Bertz CT molecular complexity index is 927. The molecule has 0 fully saturated rings. The third-order valence-electron chi connectivity index (χ3n) is 3.62. The van der Waals surface area contributed by atoms with E-state index >= 15 is 0 Å². The van der Waals surface area contributed by atoms with E-state index in [2.05, 4.69) is 4.98 Å². The Kier molecular flexibility index (Phi) is 4.74. The summed E-state index contributed by atoms with van der Waals surface area (Å²) in [5.74, 6) is 2.65. The number of fused-ring (bicyclic) bond motifs is 1. The van der Waals surface area contributed by atoms with Gasteiger partial charge in [-0.15, -0.1) is 0 Å². The quantitative estimate of drug-likeness (QED) is 0.488. The maximum Gasteiger partial charge on any atom is 0.349 e. The van der Waals surface area contributed by atoms with Gasteiger partial charge in [-0.3, -0.25) is 0 Å². The van der Waals surface area contributed by atoms with Gasteiger partial charge in [0.05, 0.1) is 0 Å². The summed E-state index contributed by atoms with van der Waals surface area (Å²) in [6.07, 6.45) is 1.65. The van der Waals surface area contributed by atoms with Crippen molar-refractivity contribution in [3.63, 3.8) is 0 Å². The molecule has 7 heteroatoms. The fraction of sp³-hybridized carbons (Fsp3) is 0.100. The molecule has 0 unspecified atom stereocenters. The monoisotopic (exact) mass is 365 g/mol. The lowest BCUT2D eigenvalue weighted by atomic mass is 10.3. The van der Waals surface area contributed by atoms with Crippen LogP contribution in [0, 0.1) is 0 Å². The van der Waals surface area contributed by atoms with Crippen molar-refractivity contribution in [2.45, 2.75) is 0 Å². The molecule has 0 atom stereocenters. The molecule has 1 aliphatic heterocycles. The maximum atomic E-state index is 11.9. The number of aromatic nitrogens is 1. The largest absolute Gasteiger partial charge is 0.482 e. The third-order valence-corrected chi connectivity index (χ3v) is 3.62. The molecular weight excluding hydrogens is 350 g/mol. The SMILES string of the molecule is O=C(COc1ccc(Oc2ccccn2)cc1)Oc1ccc2c(c1)OCO2. The van der Waals surface area contributed by atoms with Gasteiger partial charge in [0.2, 0.25) is 12.7 Å². The lowest BCUT2D eigenvalue weighted by Gasteiger charge is -2.08. The van der Waals surface area contributed by atoms with Crippen LogP contribution in [0.25, 0.3) is 0 Å². The van der Waals surface area contributed by atoms with Crippen LogP contribution < -0.4 is 23.7 Å². The molecule has 0 amide bonds. The highest BCUT2D eigenvalue weighted by Gasteiger charge is 2.15. The Hall–Kier alpha value is -3.74. The van der Waals surface area contributed by atoms with E-state index in [0.29, 0.717) is 34.6 Å². The highest BCUT2D eigenvalue weighted by Crippen LogP contribution is 2.35. The van der Waals surface area contributed by atoms with E-state index in [1.807, 2.05) is 12.1 Å². The zero-order chi connectivity index (χ0) is 18.5. The first-order valence-electron chi connectivity index (χ1n) is 8.18. The van der Waals surface area contributed by atoms with Crippen LogP contribution in [-0.2, 0) is 4.79 Å². The van der Waals surface area contributed by atoms with Crippen LogP contribution in [0.4, 0.5) is 0 Å². The zero-order valence-corrected chi connectivity index (χ0v) is 14.2. The first-order valence-corrected chi connectivity index (χ1v) is 8.18. The summed E-state index contributed by atoms with van der Waals surface area (Å²) in [5.41, 5.74) is 0. The highest BCUT2D eigenvalue weighted by molar-refractivity contribution is 5.74. The molecule has 0 aliphatic carbocycles. The summed E-state index contributed by atoms with van der Waals surface area (Å²) in [4.78, 5) is 16.0. The van der Waals surface area contributed by atoms with Gasteiger partial charge in [-0.25, -0.2) is 9.78 Å². The summed E-state index contributed by atoms with van der Waals surface area (Å²) >= 11 is 0. The molecule has 7 nitrogen and oxygen atoms in total. The molecule has 0 radical (unpaired) electrons. The van der Waals surface area contributed by atoms with Crippen molar-refractivity contribution in [2.24, 2.45) is 0 Å². The van der Waals surface area contributed by atoms with Crippen molar-refractivity contribution in [3.05, 3.63) is 66.9 Å². The summed E-state index contributed by atoms with van der Waals surface area (Å²) in [6.45, 7) is -0.0647.